The van der Waals surface area contributed by atoms with Crippen LogP contribution in [0.4, 0.5) is 0 Å². The molecule has 20 heavy (non-hydrogen) atoms. The van der Waals surface area contributed by atoms with Crippen LogP contribution in [0.5, 0.6) is 0 Å². The van der Waals surface area contributed by atoms with Gasteiger partial charge >= 0.3 is 0 Å². The van der Waals surface area contributed by atoms with Crippen molar-refractivity contribution in [2.75, 3.05) is 27.2 Å². The standard InChI is InChI=1S/C15H22BrN3O/c1-17(2)12-5-7-18(8-6-12)15(20)14-9-11(16)10-19(14)13-3-4-13/h9-10,12-13H,3-8H2,1-2H3. The third kappa shape index (κ3) is 2.79. The first kappa shape index (κ1) is 14.1. The highest BCUT2D eigenvalue weighted by atomic mass is 79.9. The number of amides is 1. The van der Waals surface area contributed by atoms with Crippen LogP contribution in [0.2, 0.25) is 0 Å². The summed E-state index contributed by atoms with van der Waals surface area (Å²) >= 11 is 3.50. The Hall–Kier alpha value is -0.810. The summed E-state index contributed by atoms with van der Waals surface area (Å²) in [6.45, 7) is 1.74. The Morgan fingerprint density at radius 3 is 2.45 bits per heavy atom. The summed E-state index contributed by atoms with van der Waals surface area (Å²) in [4.78, 5) is 17.0. The number of carbonyl (C=O) groups excluding carboxylic acids is 1. The first-order chi connectivity index (χ1) is 9.56. The summed E-state index contributed by atoms with van der Waals surface area (Å²) in [6, 6.07) is 3.12. The van der Waals surface area contributed by atoms with Crippen molar-refractivity contribution in [3.05, 3.63) is 22.4 Å². The molecule has 2 aliphatic rings. The maximum absolute atomic E-state index is 12.7. The lowest BCUT2D eigenvalue weighted by Crippen LogP contribution is -2.44. The average molecular weight is 340 g/mol. The minimum absolute atomic E-state index is 0.194. The van der Waals surface area contributed by atoms with Gasteiger partial charge in [0.1, 0.15) is 5.69 Å². The van der Waals surface area contributed by atoms with Crippen LogP contribution in [-0.2, 0) is 0 Å². The van der Waals surface area contributed by atoms with E-state index < -0.39 is 0 Å². The number of likely N-dealkylation sites (tertiary alicyclic amines) is 1. The first-order valence-electron chi connectivity index (χ1n) is 7.39. The molecule has 1 aromatic rings. The number of hydrogen-bond acceptors (Lipinski definition) is 2. The second-order valence-corrected chi connectivity index (χ2v) is 7.08. The molecule has 1 amide bonds. The van der Waals surface area contributed by atoms with Crippen molar-refractivity contribution in [2.24, 2.45) is 0 Å². The van der Waals surface area contributed by atoms with Gasteiger partial charge in [0, 0.05) is 35.8 Å². The molecule has 1 saturated carbocycles. The van der Waals surface area contributed by atoms with Gasteiger partial charge in [-0.05, 0) is 61.8 Å². The topological polar surface area (TPSA) is 28.5 Å². The Bertz CT molecular complexity index is 499. The van der Waals surface area contributed by atoms with Crippen LogP contribution in [0.3, 0.4) is 0 Å². The fourth-order valence-corrected chi connectivity index (χ4v) is 3.46. The third-order valence-corrected chi connectivity index (χ3v) is 4.89. The smallest absolute Gasteiger partial charge is 0.270 e. The number of rotatable bonds is 3. The summed E-state index contributed by atoms with van der Waals surface area (Å²) in [5.41, 5.74) is 0.850. The highest BCUT2D eigenvalue weighted by Gasteiger charge is 2.31. The zero-order chi connectivity index (χ0) is 14.3. The molecule has 1 aliphatic heterocycles. The summed E-state index contributed by atoms with van der Waals surface area (Å²) < 4.78 is 3.17. The van der Waals surface area contributed by atoms with E-state index in [2.05, 4.69) is 45.7 Å². The molecule has 0 atom stereocenters. The molecular formula is C15H22BrN3O. The van der Waals surface area contributed by atoms with E-state index in [1.165, 1.54) is 12.8 Å². The number of piperidine rings is 1. The van der Waals surface area contributed by atoms with Gasteiger partial charge in [-0.1, -0.05) is 0 Å². The molecule has 0 unspecified atom stereocenters. The maximum Gasteiger partial charge on any atom is 0.270 e. The average Bonchev–Trinajstić information content (AvgIpc) is 3.21. The van der Waals surface area contributed by atoms with Crippen LogP contribution in [0, 0.1) is 0 Å². The Morgan fingerprint density at radius 1 is 1.25 bits per heavy atom. The first-order valence-corrected chi connectivity index (χ1v) is 8.18. The molecule has 1 aliphatic carbocycles. The fraction of sp³-hybridized carbons (Fsp3) is 0.667. The van der Waals surface area contributed by atoms with Crippen LogP contribution in [-0.4, -0.2) is 53.5 Å². The highest BCUT2D eigenvalue weighted by Crippen LogP contribution is 2.37. The summed E-state index contributed by atoms with van der Waals surface area (Å²) in [7, 11) is 4.25. The normalized spacial score (nSPS) is 20.7. The molecule has 0 spiro atoms. The van der Waals surface area contributed by atoms with E-state index in [0.29, 0.717) is 12.1 Å². The molecule has 2 fully saturated rings. The molecule has 1 aromatic heterocycles. The Morgan fingerprint density at radius 2 is 1.90 bits per heavy atom. The van der Waals surface area contributed by atoms with E-state index in [0.717, 1.165) is 36.1 Å². The van der Waals surface area contributed by atoms with E-state index in [-0.39, 0.29) is 5.91 Å². The van der Waals surface area contributed by atoms with Gasteiger partial charge < -0.3 is 14.4 Å². The predicted molar refractivity (Wildman–Crippen MR) is 83.0 cm³/mol. The van der Waals surface area contributed by atoms with Gasteiger partial charge in [-0.25, -0.2) is 0 Å². The van der Waals surface area contributed by atoms with Crippen molar-refractivity contribution in [2.45, 2.75) is 37.8 Å². The number of aromatic nitrogens is 1. The fourth-order valence-electron chi connectivity index (χ4n) is 3.02. The Kier molecular flexibility index (Phi) is 3.91. The molecule has 1 saturated heterocycles. The molecule has 4 nitrogen and oxygen atoms in total. The maximum atomic E-state index is 12.7. The quantitative estimate of drug-likeness (QED) is 0.847. The summed E-state index contributed by atoms with van der Waals surface area (Å²) in [5.74, 6) is 0.194. The summed E-state index contributed by atoms with van der Waals surface area (Å²) in [6.07, 6.45) is 6.60. The Balaban J connectivity index is 1.70. The number of carbonyl (C=O) groups is 1. The van der Waals surface area contributed by atoms with Gasteiger partial charge in [-0.2, -0.15) is 0 Å². The van der Waals surface area contributed by atoms with Crippen LogP contribution in [0.15, 0.2) is 16.7 Å². The monoisotopic (exact) mass is 339 g/mol. The van der Waals surface area contributed by atoms with Crippen molar-refractivity contribution >= 4 is 21.8 Å². The SMILES string of the molecule is CN(C)C1CCN(C(=O)c2cc(Br)cn2C2CC2)CC1. The molecular weight excluding hydrogens is 318 g/mol. The van der Waals surface area contributed by atoms with E-state index in [1.807, 2.05) is 11.0 Å². The van der Waals surface area contributed by atoms with Crippen molar-refractivity contribution in [3.63, 3.8) is 0 Å². The highest BCUT2D eigenvalue weighted by molar-refractivity contribution is 9.10. The van der Waals surface area contributed by atoms with Crippen LogP contribution < -0.4 is 0 Å². The van der Waals surface area contributed by atoms with Gasteiger partial charge in [0.15, 0.2) is 0 Å². The number of nitrogens with zero attached hydrogens (tertiary/aromatic N) is 3. The Labute approximate surface area is 128 Å². The largest absolute Gasteiger partial charge is 0.339 e. The van der Waals surface area contributed by atoms with Crippen molar-refractivity contribution < 1.29 is 4.79 Å². The second kappa shape index (κ2) is 5.53. The molecule has 110 valence electrons. The predicted octanol–water partition coefficient (Wildman–Crippen LogP) is 2.75. The van der Waals surface area contributed by atoms with E-state index in [9.17, 15) is 4.79 Å². The van der Waals surface area contributed by atoms with Crippen LogP contribution in [0.1, 0.15) is 42.2 Å². The third-order valence-electron chi connectivity index (χ3n) is 4.46. The van der Waals surface area contributed by atoms with Crippen molar-refractivity contribution in [1.82, 2.24) is 14.4 Å². The molecule has 2 heterocycles. The van der Waals surface area contributed by atoms with E-state index >= 15 is 0 Å². The molecule has 5 heteroatoms. The van der Waals surface area contributed by atoms with Gasteiger partial charge in [0.05, 0.1) is 0 Å². The van der Waals surface area contributed by atoms with Crippen LogP contribution in [0.25, 0.3) is 0 Å². The molecule has 0 radical (unpaired) electrons. The number of halogens is 1. The van der Waals surface area contributed by atoms with Crippen molar-refractivity contribution in [3.8, 4) is 0 Å². The van der Waals surface area contributed by atoms with Crippen molar-refractivity contribution in [1.29, 1.82) is 0 Å². The van der Waals surface area contributed by atoms with Gasteiger partial charge in [-0.3, -0.25) is 4.79 Å². The van der Waals surface area contributed by atoms with E-state index in [4.69, 9.17) is 0 Å². The lowest BCUT2D eigenvalue weighted by Gasteiger charge is -2.35. The van der Waals surface area contributed by atoms with Gasteiger partial charge in [-0.15, -0.1) is 0 Å². The lowest BCUT2D eigenvalue weighted by molar-refractivity contribution is 0.0652. The van der Waals surface area contributed by atoms with Gasteiger partial charge in [0.25, 0.3) is 5.91 Å². The lowest BCUT2D eigenvalue weighted by atomic mass is 10.0. The summed E-state index contributed by atoms with van der Waals surface area (Å²) in [5, 5.41) is 0. The second-order valence-electron chi connectivity index (χ2n) is 6.17. The molecule has 0 N–H and O–H groups in total. The van der Waals surface area contributed by atoms with E-state index in [1.54, 1.807) is 0 Å². The molecule has 3 rings (SSSR count). The molecule has 0 bridgehead atoms. The minimum Gasteiger partial charge on any atom is -0.339 e. The zero-order valence-corrected chi connectivity index (χ0v) is 13.8. The minimum atomic E-state index is 0.194. The molecule has 0 aromatic carbocycles. The van der Waals surface area contributed by atoms with Crippen LogP contribution >= 0.6 is 15.9 Å². The zero-order valence-electron chi connectivity index (χ0n) is 12.2. The number of hydrogen-bond donors (Lipinski definition) is 0. The van der Waals surface area contributed by atoms with Gasteiger partial charge in [0.2, 0.25) is 0 Å².